The zero-order chi connectivity index (χ0) is 34.7. The predicted molar refractivity (Wildman–Crippen MR) is 200 cm³/mol. The number of nitrogens with zero attached hydrogens (tertiary/aromatic N) is 7. The van der Waals surface area contributed by atoms with Crippen LogP contribution in [0.25, 0.3) is 49.6 Å². The summed E-state index contributed by atoms with van der Waals surface area (Å²) in [6.07, 6.45) is 11.5. The zero-order valence-corrected chi connectivity index (χ0v) is 36.0. The summed E-state index contributed by atoms with van der Waals surface area (Å²) in [7, 11) is 3.95. The molecule has 10 rings (SSSR count). The molecule has 2 aliphatic heterocycles. The molecule has 0 amide bonds. The van der Waals surface area contributed by atoms with Crippen molar-refractivity contribution < 1.29 is 69.2 Å². The maximum absolute atomic E-state index is 8.62. The van der Waals surface area contributed by atoms with Gasteiger partial charge in [-0.15, -0.1) is 11.8 Å². The molecule has 0 atom stereocenters. The van der Waals surface area contributed by atoms with Gasteiger partial charge in [-0.1, -0.05) is 58.4 Å². The summed E-state index contributed by atoms with van der Waals surface area (Å²) in [5.41, 5.74) is 6.84. The van der Waals surface area contributed by atoms with E-state index in [1.807, 2.05) is 151 Å². The molecule has 0 saturated heterocycles. The van der Waals surface area contributed by atoms with Crippen molar-refractivity contribution in [3.63, 3.8) is 0 Å². The van der Waals surface area contributed by atoms with Crippen LogP contribution >= 0.6 is 0 Å². The molecule has 277 valence electrons. The second-order valence-electron chi connectivity index (χ2n) is 11.8. The molecule has 0 aliphatic carbocycles. The minimum absolute atomic E-state index is 0. The number of furan rings is 2. The van der Waals surface area contributed by atoms with Gasteiger partial charge in [0.15, 0.2) is 0 Å². The first kappa shape index (κ1) is 40.2. The second-order valence-corrected chi connectivity index (χ2v) is 11.8. The van der Waals surface area contributed by atoms with E-state index in [0.717, 1.165) is 60.9 Å². The van der Waals surface area contributed by atoms with E-state index in [0.29, 0.717) is 5.56 Å². The summed E-state index contributed by atoms with van der Waals surface area (Å²) < 4.78 is 13.7. The van der Waals surface area contributed by atoms with Gasteiger partial charge < -0.3 is 28.4 Å². The number of benzene rings is 5. The number of hydrogen-bond acceptors (Lipinski definition) is 8. The Kier molecular flexibility index (Phi) is 13.3. The fourth-order valence-corrected chi connectivity index (χ4v) is 5.94. The van der Waals surface area contributed by atoms with Gasteiger partial charge in [-0.3, -0.25) is 4.68 Å². The van der Waals surface area contributed by atoms with Gasteiger partial charge in [0.25, 0.3) is 0 Å². The van der Waals surface area contributed by atoms with Crippen molar-refractivity contribution in [2.75, 3.05) is 23.9 Å². The molecule has 3 aromatic heterocycles. The summed E-state index contributed by atoms with van der Waals surface area (Å²) in [6.45, 7) is 3.94. The van der Waals surface area contributed by atoms with Gasteiger partial charge in [0.2, 0.25) is 0 Å². The van der Waals surface area contributed by atoms with Gasteiger partial charge >= 0.3 is 0 Å². The standard InChI is InChI=1S/C16H12N2O.C15H9N2O.C11H9N3.3Ir/c1-17-9-10-18(11-17)14-7-4-6-13-12-5-2-3-8-15(12)19-16(13)14;1-2-8-14-11(5-1)12-6-3-7-13(15(12)18-14)17-10-4-9-16-17;1-13-6-7-14(9-13)11-4-2-10(8-12)3-5-11;;;/h2-6,8-11H,1H3;1-6,8-10H;2-4,6-7,9H,1H3;;;/q-2;-1;-2;;;. The van der Waals surface area contributed by atoms with Gasteiger partial charge in [-0.2, -0.15) is 73.0 Å². The van der Waals surface area contributed by atoms with Crippen molar-refractivity contribution in [2.45, 2.75) is 0 Å². The van der Waals surface area contributed by atoms with Crippen molar-refractivity contribution in [1.82, 2.24) is 19.6 Å². The molecule has 0 fully saturated rings. The van der Waals surface area contributed by atoms with Gasteiger partial charge in [0.05, 0.1) is 0 Å². The number of anilines is 2. The van der Waals surface area contributed by atoms with Crippen molar-refractivity contribution >= 4 is 55.3 Å². The Hall–Kier alpha value is -4.97. The monoisotopic (exact) mass is 1240 g/mol. The van der Waals surface area contributed by atoms with Crippen molar-refractivity contribution in [3.05, 3.63) is 171 Å². The number of nitriles is 1. The minimum atomic E-state index is 0. The van der Waals surface area contributed by atoms with E-state index in [9.17, 15) is 0 Å². The van der Waals surface area contributed by atoms with Crippen LogP contribution in [0.5, 0.6) is 0 Å². The molecule has 9 nitrogen and oxygen atoms in total. The molecular weight excluding hydrogens is 1210 g/mol. The van der Waals surface area contributed by atoms with Crippen molar-refractivity contribution in [1.29, 1.82) is 5.26 Å². The third-order valence-electron chi connectivity index (χ3n) is 8.37. The quantitative estimate of drug-likeness (QED) is 0.163. The zero-order valence-electron chi connectivity index (χ0n) is 28.8. The van der Waals surface area contributed by atoms with Crippen LogP contribution in [0.4, 0.5) is 11.4 Å². The van der Waals surface area contributed by atoms with Crippen LogP contribution in [0.1, 0.15) is 5.56 Å². The average molecular weight is 1240 g/mol. The number of aromatic nitrogens is 2. The van der Waals surface area contributed by atoms with Crippen molar-refractivity contribution in [3.8, 4) is 11.8 Å². The first-order valence-electron chi connectivity index (χ1n) is 16.2. The van der Waals surface area contributed by atoms with E-state index < -0.39 is 0 Å². The van der Waals surface area contributed by atoms with Crippen LogP contribution < -0.4 is 9.80 Å². The largest absolute Gasteiger partial charge is 0.514 e. The van der Waals surface area contributed by atoms with Crippen molar-refractivity contribution in [2.24, 2.45) is 0 Å². The Balaban J connectivity index is 0.000000153. The SMILES string of the molecule is CN1C=CN(c2[c-]cc(C#N)cc2)[CH-]1.CN1C=CN(c2[c-]ccc3c2oc2ccccc23)[CH-]1.[Ir].[Ir].[Ir].[c-]1ccc2c(oc3ccccc32)c1-n1cccn1. The number of hydrogen-bond donors (Lipinski definition) is 0. The van der Waals surface area contributed by atoms with Crippen LogP contribution in [0.15, 0.2) is 143 Å². The van der Waals surface area contributed by atoms with Gasteiger partial charge in [0, 0.05) is 101 Å². The summed E-state index contributed by atoms with van der Waals surface area (Å²) in [5, 5.41) is 17.3. The summed E-state index contributed by atoms with van der Waals surface area (Å²) in [4.78, 5) is 7.91. The van der Waals surface area contributed by atoms with E-state index in [2.05, 4.69) is 41.5 Å². The second kappa shape index (κ2) is 17.9. The molecule has 0 N–H and O–H groups in total. The summed E-state index contributed by atoms with van der Waals surface area (Å²) in [5.74, 6) is 0. The maximum atomic E-state index is 8.62. The molecule has 5 aromatic carbocycles. The van der Waals surface area contributed by atoms with E-state index in [-0.39, 0.29) is 60.3 Å². The number of para-hydroxylation sites is 2. The Morgan fingerprint density at radius 2 is 1.20 bits per heavy atom. The maximum Gasteiger partial charge on any atom is 0.116 e. The van der Waals surface area contributed by atoms with Gasteiger partial charge in [-0.05, 0) is 62.8 Å². The predicted octanol–water partition coefficient (Wildman–Crippen LogP) is 8.99. The van der Waals surface area contributed by atoms with Gasteiger partial charge in [-0.25, -0.2) is 5.26 Å². The van der Waals surface area contributed by atoms with Crippen LogP contribution in [-0.4, -0.2) is 33.7 Å². The molecule has 0 bridgehead atoms. The molecule has 12 heteroatoms. The average Bonchev–Trinajstić information content (AvgIpc) is 4.02. The molecule has 0 saturated carbocycles. The van der Waals surface area contributed by atoms with Crippen LogP contribution in [0.3, 0.4) is 0 Å². The van der Waals surface area contributed by atoms with Crippen LogP contribution in [0, 0.1) is 42.9 Å². The fraction of sp³-hybridized carbons (Fsp3) is 0.0476. The first-order chi connectivity index (χ1) is 25.1. The van der Waals surface area contributed by atoms with E-state index in [1.54, 1.807) is 23.0 Å². The molecule has 0 unspecified atom stereocenters. The molecular formula is C42H30Ir3N7O2-5. The normalized spacial score (nSPS) is 12.8. The molecule has 8 aromatic rings. The summed E-state index contributed by atoms with van der Waals surface area (Å²) >= 11 is 0. The minimum Gasteiger partial charge on any atom is -0.514 e. The van der Waals surface area contributed by atoms with Gasteiger partial charge in [0.1, 0.15) is 11.2 Å². The topological polar surface area (TPSA) is 80.9 Å². The molecule has 5 heterocycles. The Bertz CT molecular complexity index is 2570. The van der Waals surface area contributed by atoms with E-state index in [4.69, 9.17) is 14.1 Å². The van der Waals surface area contributed by atoms with E-state index in [1.165, 1.54) is 0 Å². The molecule has 0 spiro atoms. The van der Waals surface area contributed by atoms with Crippen LogP contribution in [0.2, 0.25) is 0 Å². The first-order valence-corrected chi connectivity index (χ1v) is 16.2. The third kappa shape index (κ3) is 8.23. The Morgan fingerprint density at radius 3 is 1.72 bits per heavy atom. The number of rotatable bonds is 3. The summed E-state index contributed by atoms with van der Waals surface area (Å²) in [6, 6.07) is 42.8. The number of fused-ring (bicyclic) bond motifs is 6. The Morgan fingerprint density at radius 1 is 0.630 bits per heavy atom. The molecule has 54 heavy (non-hydrogen) atoms. The third-order valence-corrected chi connectivity index (χ3v) is 8.37. The Labute approximate surface area is 353 Å². The smallest absolute Gasteiger partial charge is 0.116 e. The fourth-order valence-electron chi connectivity index (χ4n) is 5.94. The molecule has 2 aliphatic rings. The van der Waals surface area contributed by atoms with Crippen LogP contribution in [-0.2, 0) is 60.3 Å². The molecule has 3 radical (unpaired) electrons. The van der Waals surface area contributed by atoms with E-state index >= 15 is 0 Å².